The zero-order valence-electron chi connectivity index (χ0n) is 11.3. The fourth-order valence-corrected chi connectivity index (χ4v) is 2.83. The molecule has 3 nitrogen and oxygen atoms in total. The number of hydrogen-bond donors (Lipinski definition) is 1. The van der Waals surface area contributed by atoms with Gasteiger partial charge in [-0.2, -0.15) is 0 Å². The molecule has 0 aliphatic rings. The van der Waals surface area contributed by atoms with E-state index in [1.165, 1.54) is 10.6 Å². The molecule has 1 atom stereocenters. The Kier molecular flexibility index (Phi) is 3.43. The second kappa shape index (κ2) is 5.26. The Balaban J connectivity index is 2.28. The Morgan fingerprint density at radius 1 is 1.14 bits per heavy atom. The third kappa shape index (κ3) is 2.29. The lowest BCUT2D eigenvalue weighted by Crippen LogP contribution is -2.26. The van der Waals surface area contributed by atoms with E-state index < -0.39 is 6.04 Å². The van der Waals surface area contributed by atoms with Crippen LogP contribution in [-0.2, 0) is 0 Å². The SMILES string of the molecule is CC(c1ccccc1F)n1c(=S)[nH]c2ccccc2c1=O. The third-order valence-corrected chi connectivity index (χ3v) is 3.88. The van der Waals surface area contributed by atoms with Gasteiger partial charge in [0.15, 0.2) is 4.77 Å². The molecule has 106 valence electrons. The Morgan fingerprint density at radius 2 is 1.81 bits per heavy atom. The lowest BCUT2D eigenvalue weighted by molar-refractivity contribution is 0.541. The summed E-state index contributed by atoms with van der Waals surface area (Å²) in [6.45, 7) is 1.76. The zero-order valence-corrected chi connectivity index (χ0v) is 12.2. The van der Waals surface area contributed by atoms with Crippen molar-refractivity contribution in [2.75, 3.05) is 0 Å². The van der Waals surface area contributed by atoms with Crippen molar-refractivity contribution in [3.05, 3.63) is 75.0 Å². The number of fused-ring (bicyclic) bond motifs is 1. The van der Waals surface area contributed by atoms with Crippen molar-refractivity contribution in [3.63, 3.8) is 0 Å². The van der Waals surface area contributed by atoms with Gasteiger partial charge < -0.3 is 4.98 Å². The number of halogens is 1. The normalized spacial score (nSPS) is 12.5. The topological polar surface area (TPSA) is 37.8 Å². The molecular formula is C16H13FN2OS. The summed E-state index contributed by atoms with van der Waals surface area (Å²) < 4.78 is 15.6. The lowest BCUT2D eigenvalue weighted by Gasteiger charge is -2.17. The van der Waals surface area contributed by atoms with Crippen molar-refractivity contribution in [2.24, 2.45) is 0 Å². The van der Waals surface area contributed by atoms with E-state index in [0.29, 0.717) is 16.5 Å². The molecule has 0 aliphatic carbocycles. The molecule has 1 N–H and O–H groups in total. The van der Waals surface area contributed by atoms with Crippen LogP contribution in [0.3, 0.4) is 0 Å². The molecular weight excluding hydrogens is 287 g/mol. The largest absolute Gasteiger partial charge is 0.332 e. The molecule has 3 rings (SSSR count). The van der Waals surface area contributed by atoms with Crippen molar-refractivity contribution >= 4 is 23.1 Å². The van der Waals surface area contributed by atoms with E-state index in [0.717, 1.165) is 0 Å². The van der Waals surface area contributed by atoms with Crippen LogP contribution in [0.2, 0.25) is 0 Å². The van der Waals surface area contributed by atoms with Crippen LogP contribution >= 0.6 is 12.2 Å². The highest BCUT2D eigenvalue weighted by Gasteiger charge is 2.16. The first-order chi connectivity index (χ1) is 10.1. The van der Waals surface area contributed by atoms with Crippen LogP contribution in [0.4, 0.5) is 4.39 Å². The van der Waals surface area contributed by atoms with Gasteiger partial charge >= 0.3 is 0 Å². The number of nitrogens with zero attached hydrogens (tertiary/aromatic N) is 1. The summed E-state index contributed by atoms with van der Waals surface area (Å²) >= 11 is 5.27. The standard InChI is InChI=1S/C16H13FN2OS/c1-10(11-6-2-4-8-13(11)17)19-15(20)12-7-3-5-9-14(12)18-16(19)21/h2-10H,1H3,(H,18,21). The summed E-state index contributed by atoms with van der Waals surface area (Å²) in [5.74, 6) is -0.348. The van der Waals surface area contributed by atoms with Crippen molar-refractivity contribution in [2.45, 2.75) is 13.0 Å². The van der Waals surface area contributed by atoms with E-state index in [4.69, 9.17) is 12.2 Å². The van der Waals surface area contributed by atoms with Crippen LogP contribution in [0.5, 0.6) is 0 Å². The van der Waals surface area contributed by atoms with Gasteiger partial charge in [-0.05, 0) is 37.3 Å². The number of rotatable bonds is 2. The second-order valence-electron chi connectivity index (χ2n) is 4.85. The van der Waals surface area contributed by atoms with Crippen molar-refractivity contribution in [1.82, 2.24) is 9.55 Å². The smallest absolute Gasteiger partial charge is 0.262 e. The van der Waals surface area contributed by atoms with Crippen LogP contribution in [0.1, 0.15) is 18.5 Å². The van der Waals surface area contributed by atoms with Crippen LogP contribution in [0.15, 0.2) is 53.3 Å². The highest BCUT2D eigenvalue weighted by atomic mass is 32.1. The maximum Gasteiger partial charge on any atom is 0.262 e. The zero-order chi connectivity index (χ0) is 15.0. The summed E-state index contributed by atoms with van der Waals surface area (Å²) in [7, 11) is 0. The molecule has 5 heteroatoms. The third-order valence-electron chi connectivity index (χ3n) is 3.58. The minimum atomic E-state index is -0.480. The molecule has 2 aromatic carbocycles. The number of aromatic nitrogens is 2. The Labute approximate surface area is 125 Å². The van der Waals surface area contributed by atoms with Gasteiger partial charge in [0.2, 0.25) is 0 Å². The van der Waals surface area contributed by atoms with Gasteiger partial charge in [-0.15, -0.1) is 0 Å². The quantitative estimate of drug-likeness (QED) is 0.731. The van der Waals surface area contributed by atoms with Crippen molar-refractivity contribution in [3.8, 4) is 0 Å². The summed E-state index contributed by atoms with van der Waals surface area (Å²) in [5.41, 5.74) is 0.906. The highest BCUT2D eigenvalue weighted by molar-refractivity contribution is 7.71. The predicted octanol–water partition coefficient (Wildman–Crippen LogP) is 3.81. The van der Waals surface area contributed by atoms with Gasteiger partial charge in [0, 0.05) is 5.56 Å². The average Bonchev–Trinajstić information content (AvgIpc) is 2.47. The molecule has 1 heterocycles. The molecule has 1 unspecified atom stereocenters. The number of para-hydroxylation sites is 1. The average molecular weight is 300 g/mol. The van der Waals surface area contributed by atoms with Crippen molar-refractivity contribution < 1.29 is 4.39 Å². The van der Waals surface area contributed by atoms with Crippen LogP contribution in [-0.4, -0.2) is 9.55 Å². The minimum Gasteiger partial charge on any atom is -0.332 e. The molecule has 0 fully saturated rings. The number of nitrogens with one attached hydrogen (secondary N) is 1. The first-order valence-electron chi connectivity index (χ1n) is 6.57. The van der Waals surface area contributed by atoms with Gasteiger partial charge in [0.25, 0.3) is 5.56 Å². The van der Waals surface area contributed by atoms with E-state index in [2.05, 4.69) is 4.98 Å². The fraction of sp³-hybridized carbons (Fsp3) is 0.125. The monoisotopic (exact) mass is 300 g/mol. The molecule has 0 saturated heterocycles. The second-order valence-corrected chi connectivity index (χ2v) is 5.24. The van der Waals surface area contributed by atoms with E-state index in [1.54, 1.807) is 43.3 Å². The molecule has 0 bridgehead atoms. The Bertz CT molecular complexity index is 929. The van der Waals surface area contributed by atoms with Gasteiger partial charge in [-0.3, -0.25) is 9.36 Å². The molecule has 21 heavy (non-hydrogen) atoms. The van der Waals surface area contributed by atoms with Gasteiger partial charge in [0.1, 0.15) is 5.82 Å². The van der Waals surface area contributed by atoms with Crippen LogP contribution < -0.4 is 5.56 Å². The number of hydrogen-bond acceptors (Lipinski definition) is 2. The molecule has 1 aromatic heterocycles. The number of H-pyrrole nitrogens is 1. The number of benzene rings is 2. The first-order valence-corrected chi connectivity index (χ1v) is 6.98. The lowest BCUT2D eigenvalue weighted by atomic mass is 10.1. The summed E-state index contributed by atoms with van der Waals surface area (Å²) in [6, 6.07) is 13.1. The number of aromatic amines is 1. The molecule has 0 amide bonds. The Morgan fingerprint density at radius 3 is 2.57 bits per heavy atom. The van der Waals surface area contributed by atoms with E-state index in [1.807, 2.05) is 6.07 Å². The van der Waals surface area contributed by atoms with E-state index >= 15 is 0 Å². The van der Waals surface area contributed by atoms with Crippen molar-refractivity contribution in [1.29, 1.82) is 0 Å². The summed E-state index contributed by atoms with van der Waals surface area (Å²) in [4.78, 5) is 15.7. The van der Waals surface area contributed by atoms with Gasteiger partial charge in [-0.1, -0.05) is 30.3 Å². The van der Waals surface area contributed by atoms with Crippen LogP contribution in [0.25, 0.3) is 10.9 Å². The first kappa shape index (κ1) is 13.7. The summed E-state index contributed by atoms with van der Waals surface area (Å²) in [5, 5.41) is 0.536. The summed E-state index contributed by atoms with van der Waals surface area (Å²) in [6.07, 6.45) is 0. The minimum absolute atomic E-state index is 0.217. The Hall–Kier alpha value is -2.27. The maximum atomic E-state index is 13.9. The molecule has 0 spiro atoms. The van der Waals surface area contributed by atoms with Crippen LogP contribution in [0, 0.1) is 10.6 Å². The fourth-order valence-electron chi connectivity index (χ4n) is 2.48. The highest BCUT2D eigenvalue weighted by Crippen LogP contribution is 2.20. The molecule has 3 aromatic rings. The maximum absolute atomic E-state index is 13.9. The van der Waals surface area contributed by atoms with Gasteiger partial charge in [-0.25, -0.2) is 4.39 Å². The predicted molar refractivity (Wildman–Crippen MR) is 83.6 cm³/mol. The van der Waals surface area contributed by atoms with E-state index in [9.17, 15) is 9.18 Å². The molecule has 0 radical (unpaired) electrons. The van der Waals surface area contributed by atoms with E-state index in [-0.39, 0.29) is 16.1 Å². The molecule has 0 aliphatic heterocycles. The van der Waals surface area contributed by atoms with Gasteiger partial charge in [0.05, 0.1) is 16.9 Å². The molecule has 0 saturated carbocycles.